The molecule has 1 aromatic heterocycles. The molecule has 1 N–H and O–H groups in total. The van der Waals surface area contributed by atoms with E-state index in [4.69, 9.17) is 4.74 Å². The molecule has 20 heavy (non-hydrogen) atoms. The molecule has 0 saturated carbocycles. The fourth-order valence-electron chi connectivity index (χ4n) is 3.17. The summed E-state index contributed by atoms with van der Waals surface area (Å²) in [4.78, 5) is 2.57. The first-order valence-electron chi connectivity index (χ1n) is 7.66. The maximum atomic E-state index is 5.51. The number of ether oxygens (including phenoxy) is 1. The van der Waals surface area contributed by atoms with Crippen LogP contribution in [0.5, 0.6) is 0 Å². The molecular weight excluding hydrogens is 252 g/mol. The lowest BCUT2D eigenvalue weighted by molar-refractivity contribution is -0.0327. The minimum absolute atomic E-state index is 0.0861. The van der Waals surface area contributed by atoms with Gasteiger partial charge in [0.05, 0.1) is 25.5 Å². The summed E-state index contributed by atoms with van der Waals surface area (Å²) in [6.45, 7) is 11.4. The first-order chi connectivity index (χ1) is 9.61. The van der Waals surface area contributed by atoms with Gasteiger partial charge in [-0.1, -0.05) is 13.8 Å². The molecular formula is C15H28N4O. The first-order valence-corrected chi connectivity index (χ1v) is 7.66. The Balaban J connectivity index is 2.27. The standard InChI is InChI=1S/C15H28N4O/c1-5-15(3,19-7-9-20-10-8-19)14(16-6-2)13-11-17-18(4)12-13/h11-12,14,16H,5-10H2,1-4H3. The van der Waals surface area contributed by atoms with E-state index in [-0.39, 0.29) is 5.54 Å². The lowest BCUT2D eigenvalue weighted by Crippen LogP contribution is -2.57. The van der Waals surface area contributed by atoms with Gasteiger partial charge in [0, 0.05) is 37.4 Å². The summed E-state index contributed by atoms with van der Waals surface area (Å²) in [6.07, 6.45) is 5.21. The molecule has 0 radical (unpaired) electrons. The Morgan fingerprint density at radius 2 is 2.10 bits per heavy atom. The van der Waals surface area contributed by atoms with Gasteiger partial charge < -0.3 is 10.1 Å². The van der Waals surface area contributed by atoms with E-state index in [0.29, 0.717) is 6.04 Å². The third-order valence-corrected chi connectivity index (χ3v) is 4.54. The van der Waals surface area contributed by atoms with Gasteiger partial charge in [-0.05, 0) is 19.9 Å². The van der Waals surface area contributed by atoms with Crippen molar-refractivity contribution in [2.75, 3.05) is 32.8 Å². The molecule has 0 aliphatic carbocycles. The maximum Gasteiger partial charge on any atom is 0.0594 e. The quantitative estimate of drug-likeness (QED) is 0.859. The smallest absolute Gasteiger partial charge is 0.0594 e. The second-order valence-electron chi connectivity index (χ2n) is 5.75. The summed E-state index contributed by atoms with van der Waals surface area (Å²) < 4.78 is 7.39. The average Bonchev–Trinajstić information content (AvgIpc) is 2.91. The van der Waals surface area contributed by atoms with Crippen LogP contribution in [0.2, 0.25) is 0 Å². The van der Waals surface area contributed by atoms with Crippen molar-refractivity contribution in [1.29, 1.82) is 0 Å². The van der Waals surface area contributed by atoms with Gasteiger partial charge in [0.1, 0.15) is 0 Å². The van der Waals surface area contributed by atoms with Crippen molar-refractivity contribution in [2.24, 2.45) is 7.05 Å². The lowest BCUT2D eigenvalue weighted by atomic mass is 9.83. The van der Waals surface area contributed by atoms with E-state index >= 15 is 0 Å². The highest BCUT2D eigenvalue weighted by Crippen LogP contribution is 2.34. The molecule has 5 nitrogen and oxygen atoms in total. The van der Waals surface area contributed by atoms with E-state index in [9.17, 15) is 0 Å². The van der Waals surface area contributed by atoms with Crippen LogP contribution in [-0.4, -0.2) is 53.1 Å². The lowest BCUT2D eigenvalue weighted by Gasteiger charge is -2.47. The number of hydrogen-bond acceptors (Lipinski definition) is 4. The number of nitrogens with one attached hydrogen (secondary N) is 1. The van der Waals surface area contributed by atoms with Crippen LogP contribution in [0.15, 0.2) is 12.4 Å². The Bertz CT molecular complexity index is 414. The number of likely N-dealkylation sites (N-methyl/N-ethyl adjacent to an activating group) is 1. The Hall–Kier alpha value is -0.910. The minimum atomic E-state index is 0.0861. The molecule has 114 valence electrons. The van der Waals surface area contributed by atoms with E-state index in [1.165, 1.54) is 5.56 Å². The predicted molar refractivity (Wildman–Crippen MR) is 80.7 cm³/mol. The van der Waals surface area contributed by atoms with Crippen molar-refractivity contribution in [3.63, 3.8) is 0 Å². The summed E-state index contributed by atoms with van der Waals surface area (Å²) in [5, 5.41) is 8.01. The molecule has 2 rings (SSSR count). The highest BCUT2D eigenvalue weighted by molar-refractivity contribution is 5.17. The van der Waals surface area contributed by atoms with E-state index in [1.807, 2.05) is 17.9 Å². The van der Waals surface area contributed by atoms with Crippen molar-refractivity contribution in [3.05, 3.63) is 18.0 Å². The number of aryl methyl sites for hydroxylation is 1. The third-order valence-electron chi connectivity index (χ3n) is 4.54. The molecule has 5 heteroatoms. The van der Waals surface area contributed by atoms with Gasteiger partial charge in [-0.2, -0.15) is 5.10 Å². The van der Waals surface area contributed by atoms with Crippen LogP contribution in [0.1, 0.15) is 38.8 Å². The van der Waals surface area contributed by atoms with Gasteiger partial charge in [0.25, 0.3) is 0 Å². The highest BCUT2D eigenvalue weighted by atomic mass is 16.5. The molecule has 1 saturated heterocycles. The third kappa shape index (κ3) is 3.05. The molecule has 0 amide bonds. The second kappa shape index (κ2) is 6.70. The zero-order valence-electron chi connectivity index (χ0n) is 13.2. The Morgan fingerprint density at radius 3 is 2.60 bits per heavy atom. The molecule has 1 aromatic rings. The molecule has 2 unspecified atom stereocenters. The van der Waals surface area contributed by atoms with Crippen LogP contribution in [-0.2, 0) is 11.8 Å². The summed E-state index contributed by atoms with van der Waals surface area (Å²) in [5.41, 5.74) is 1.35. The zero-order valence-corrected chi connectivity index (χ0v) is 13.2. The van der Waals surface area contributed by atoms with Crippen LogP contribution < -0.4 is 5.32 Å². The minimum Gasteiger partial charge on any atom is -0.379 e. The number of hydrogen-bond donors (Lipinski definition) is 1. The molecule has 0 aromatic carbocycles. The number of nitrogens with zero attached hydrogens (tertiary/aromatic N) is 3. The zero-order chi connectivity index (χ0) is 14.6. The molecule has 0 bridgehead atoms. The Labute approximate surface area is 122 Å². The molecule has 0 spiro atoms. The predicted octanol–water partition coefficient (Wildman–Crippen LogP) is 1.57. The molecule has 2 atom stereocenters. The summed E-state index contributed by atoms with van der Waals surface area (Å²) in [6, 6.07) is 0.296. The monoisotopic (exact) mass is 280 g/mol. The fourth-order valence-corrected chi connectivity index (χ4v) is 3.17. The SMILES string of the molecule is CCNC(c1cnn(C)c1)C(C)(CC)N1CCOCC1. The molecule has 1 fully saturated rings. The van der Waals surface area contributed by atoms with E-state index < -0.39 is 0 Å². The van der Waals surface area contributed by atoms with E-state index in [2.05, 4.69) is 42.3 Å². The number of aromatic nitrogens is 2. The van der Waals surface area contributed by atoms with Gasteiger partial charge in [-0.3, -0.25) is 9.58 Å². The van der Waals surface area contributed by atoms with Crippen molar-refractivity contribution in [2.45, 2.75) is 38.8 Å². The summed E-state index contributed by atoms with van der Waals surface area (Å²) in [7, 11) is 1.98. The maximum absolute atomic E-state index is 5.51. The van der Waals surface area contributed by atoms with Crippen LogP contribution in [0.3, 0.4) is 0 Å². The Morgan fingerprint density at radius 1 is 1.40 bits per heavy atom. The fraction of sp³-hybridized carbons (Fsp3) is 0.800. The van der Waals surface area contributed by atoms with Crippen LogP contribution in [0.4, 0.5) is 0 Å². The molecule has 1 aliphatic heterocycles. The highest BCUT2D eigenvalue weighted by Gasteiger charge is 2.39. The van der Waals surface area contributed by atoms with Gasteiger partial charge in [0.2, 0.25) is 0 Å². The van der Waals surface area contributed by atoms with Crippen LogP contribution in [0.25, 0.3) is 0 Å². The normalized spacial score (nSPS) is 21.6. The van der Waals surface area contributed by atoms with E-state index in [1.54, 1.807) is 0 Å². The molecule has 2 heterocycles. The largest absolute Gasteiger partial charge is 0.379 e. The van der Waals surface area contributed by atoms with Gasteiger partial charge in [-0.15, -0.1) is 0 Å². The van der Waals surface area contributed by atoms with E-state index in [0.717, 1.165) is 39.3 Å². The number of rotatable bonds is 6. The van der Waals surface area contributed by atoms with Crippen molar-refractivity contribution in [1.82, 2.24) is 20.0 Å². The van der Waals surface area contributed by atoms with Crippen LogP contribution >= 0.6 is 0 Å². The average molecular weight is 280 g/mol. The topological polar surface area (TPSA) is 42.3 Å². The van der Waals surface area contributed by atoms with Crippen molar-refractivity contribution in [3.8, 4) is 0 Å². The van der Waals surface area contributed by atoms with Crippen molar-refractivity contribution >= 4 is 0 Å². The summed E-state index contributed by atoms with van der Waals surface area (Å²) >= 11 is 0. The van der Waals surface area contributed by atoms with Crippen LogP contribution in [0, 0.1) is 0 Å². The van der Waals surface area contributed by atoms with Gasteiger partial charge in [-0.25, -0.2) is 0 Å². The second-order valence-corrected chi connectivity index (χ2v) is 5.75. The first kappa shape index (κ1) is 15.5. The molecule has 1 aliphatic rings. The van der Waals surface area contributed by atoms with Crippen molar-refractivity contribution < 1.29 is 4.74 Å². The number of morpholine rings is 1. The van der Waals surface area contributed by atoms with Gasteiger partial charge >= 0.3 is 0 Å². The summed E-state index contributed by atoms with van der Waals surface area (Å²) in [5.74, 6) is 0. The van der Waals surface area contributed by atoms with Gasteiger partial charge in [0.15, 0.2) is 0 Å². The Kier molecular flexibility index (Phi) is 5.18.